The smallest absolute Gasteiger partial charge is 0.288 e. The summed E-state index contributed by atoms with van der Waals surface area (Å²) in [7, 11) is 0. The van der Waals surface area contributed by atoms with Crippen LogP contribution in [0.5, 0.6) is 0 Å². The molecule has 0 bridgehead atoms. The number of fused-ring (bicyclic) bond motifs is 2. The molecule has 33 heavy (non-hydrogen) atoms. The van der Waals surface area contributed by atoms with E-state index in [0.717, 1.165) is 28.8 Å². The monoisotopic (exact) mass is 452 g/mol. The lowest BCUT2D eigenvalue weighted by molar-refractivity contribution is -0.174. The fraction of sp³-hybridized carbons (Fsp3) is 0.304. The van der Waals surface area contributed by atoms with Gasteiger partial charge in [0.15, 0.2) is 17.4 Å². The van der Waals surface area contributed by atoms with E-state index in [1.165, 1.54) is 17.2 Å². The van der Waals surface area contributed by atoms with Crippen LogP contribution in [0.2, 0.25) is 0 Å². The minimum absolute atomic E-state index is 0.0393. The van der Waals surface area contributed by atoms with Gasteiger partial charge in [-0.25, -0.2) is 14.2 Å². The summed E-state index contributed by atoms with van der Waals surface area (Å²) < 4.78 is 43.8. The van der Waals surface area contributed by atoms with Crippen molar-refractivity contribution in [3.05, 3.63) is 66.6 Å². The Kier molecular flexibility index (Phi) is 4.33. The number of carbonyl (C=O) groups is 1. The molecule has 3 aromatic heterocycles. The van der Waals surface area contributed by atoms with Crippen molar-refractivity contribution < 1.29 is 18.0 Å². The Labute approximate surface area is 186 Å². The van der Waals surface area contributed by atoms with Gasteiger partial charge in [-0.1, -0.05) is 30.3 Å². The van der Waals surface area contributed by atoms with Crippen LogP contribution in [0.15, 0.2) is 60.9 Å². The van der Waals surface area contributed by atoms with E-state index < -0.39 is 24.2 Å². The first-order valence-corrected chi connectivity index (χ1v) is 10.8. The van der Waals surface area contributed by atoms with Crippen LogP contribution in [0.3, 0.4) is 0 Å². The molecule has 0 radical (unpaired) electrons. The highest BCUT2D eigenvalue weighted by molar-refractivity contribution is 6.05. The molecule has 1 aliphatic carbocycles. The van der Waals surface area contributed by atoms with Crippen molar-refractivity contribution in [2.45, 2.75) is 37.5 Å². The Morgan fingerprint density at radius 1 is 1.03 bits per heavy atom. The number of carbonyl (C=O) groups excluding carboxylic acids is 1. The normalized spacial score (nSPS) is 20.8. The zero-order valence-corrected chi connectivity index (χ0v) is 17.4. The van der Waals surface area contributed by atoms with Crippen molar-refractivity contribution in [2.75, 3.05) is 4.90 Å². The summed E-state index contributed by atoms with van der Waals surface area (Å²) in [5.74, 6) is -0.255. The van der Waals surface area contributed by atoms with Gasteiger partial charge in [-0.15, -0.1) is 0 Å². The van der Waals surface area contributed by atoms with Gasteiger partial charge in [0.05, 0.1) is 11.9 Å². The summed E-state index contributed by atoms with van der Waals surface area (Å²) in [6.45, 7) is 0. The Hall–Kier alpha value is -3.69. The fourth-order valence-electron chi connectivity index (χ4n) is 4.70. The zero-order chi connectivity index (χ0) is 22.7. The first-order valence-electron chi connectivity index (χ1n) is 10.8. The highest BCUT2D eigenvalue weighted by atomic mass is 19.4. The zero-order valence-electron chi connectivity index (χ0n) is 17.4. The molecule has 1 aromatic carbocycles. The molecule has 168 valence electrons. The number of anilines is 1. The lowest BCUT2D eigenvalue weighted by Gasteiger charge is -2.40. The lowest BCUT2D eigenvalue weighted by Crippen LogP contribution is -2.50. The number of alkyl halides is 3. The van der Waals surface area contributed by atoms with Gasteiger partial charge in [0.2, 0.25) is 0 Å². The largest absolute Gasteiger partial charge is 0.410 e. The van der Waals surface area contributed by atoms with Crippen LogP contribution in [0.4, 0.5) is 19.0 Å². The van der Waals surface area contributed by atoms with Gasteiger partial charge < -0.3 is 0 Å². The summed E-state index contributed by atoms with van der Waals surface area (Å²) in [6.07, 6.45) is -0.0982. The Morgan fingerprint density at radius 3 is 2.55 bits per heavy atom. The van der Waals surface area contributed by atoms with E-state index >= 15 is 0 Å². The quantitative estimate of drug-likeness (QED) is 0.458. The maximum atomic E-state index is 13.8. The number of benzene rings is 1. The second-order valence-electron chi connectivity index (χ2n) is 8.50. The van der Waals surface area contributed by atoms with Gasteiger partial charge in [0.1, 0.15) is 5.82 Å². The van der Waals surface area contributed by atoms with Crippen molar-refractivity contribution in [2.24, 2.45) is 5.92 Å². The van der Waals surface area contributed by atoms with E-state index in [9.17, 15) is 18.0 Å². The molecule has 0 saturated heterocycles. The minimum atomic E-state index is -4.44. The number of amides is 1. The van der Waals surface area contributed by atoms with Crippen LogP contribution >= 0.6 is 0 Å². The van der Waals surface area contributed by atoms with Crippen molar-refractivity contribution >= 4 is 17.4 Å². The molecular formula is C23H19F3N6O. The third-order valence-electron chi connectivity index (χ3n) is 6.40. The molecule has 1 fully saturated rings. The van der Waals surface area contributed by atoms with Crippen molar-refractivity contribution in [3.63, 3.8) is 0 Å². The SMILES string of the molecule is O=C(c1cc2nccc(-c3ccccc3)n2n1)N1c2ccnn2[C@@H](C(F)(F)F)C[C@H]1C1CC1. The van der Waals surface area contributed by atoms with Crippen molar-refractivity contribution in [3.8, 4) is 11.3 Å². The Bertz CT molecular complexity index is 1340. The van der Waals surface area contributed by atoms with Gasteiger partial charge in [0.25, 0.3) is 5.91 Å². The summed E-state index contributed by atoms with van der Waals surface area (Å²) in [5.41, 5.74) is 2.29. The second kappa shape index (κ2) is 7.16. The van der Waals surface area contributed by atoms with Crippen molar-refractivity contribution in [1.82, 2.24) is 24.4 Å². The Balaban J connectivity index is 1.44. The molecule has 10 heteroatoms. The van der Waals surface area contributed by atoms with Gasteiger partial charge in [-0.2, -0.15) is 23.4 Å². The van der Waals surface area contributed by atoms with E-state index in [2.05, 4.69) is 15.2 Å². The maximum absolute atomic E-state index is 13.8. The summed E-state index contributed by atoms with van der Waals surface area (Å²) in [6, 6.07) is 12.1. The molecule has 4 heterocycles. The average molecular weight is 452 g/mol. The molecule has 6 rings (SSSR count). The predicted octanol–water partition coefficient (Wildman–Crippen LogP) is 4.53. The average Bonchev–Trinajstić information content (AvgIpc) is 3.37. The van der Waals surface area contributed by atoms with E-state index in [4.69, 9.17) is 0 Å². The molecule has 0 spiro atoms. The molecule has 7 nitrogen and oxygen atoms in total. The second-order valence-corrected chi connectivity index (χ2v) is 8.50. The topological polar surface area (TPSA) is 68.3 Å². The van der Waals surface area contributed by atoms with Crippen LogP contribution in [-0.4, -0.2) is 42.5 Å². The minimum Gasteiger partial charge on any atom is -0.288 e. The summed E-state index contributed by atoms with van der Waals surface area (Å²) in [4.78, 5) is 19.5. The molecule has 0 unspecified atom stereocenters. The third-order valence-corrected chi connectivity index (χ3v) is 6.40. The fourth-order valence-corrected chi connectivity index (χ4v) is 4.70. The standard InChI is InChI=1S/C23H19F3N6O/c24-23(25,26)19-13-18(15-6-7-15)30(21-9-11-28-32(19)21)22(33)16-12-20-27-10-8-17(31(20)29-16)14-4-2-1-3-5-14/h1-5,8-12,15,18-19H,6-7,13H2/t18-,19+/m0/s1. The van der Waals surface area contributed by atoms with Crippen LogP contribution < -0.4 is 4.90 Å². The molecular weight excluding hydrogens is 433 g/mol. The molecule has 4 aromatic rings. The first-order chi connectivity index (χ1) is 15.9. The van der Waals surface area contributed by atoms with E-state index in [1.54, 1.807) is 22.8 Å². The number of rotatable bonds is 3. The number of hydrogen-bond acceptors (Lipinski definition) is 4. The van der Waals surface area contributed by atoms with Crippen molar-refractivity contribution in [1.29, 1.82) is 0 Å². The molecule has 1 saturated carbocycles. The van der Waals surface area contributed by atoms with Gasteiger partial charge >= 0.3 is 6.18 Å². The lowest BCUT2D eigenvalue weighted by atomic mass is 9.97. The molecule has 2 aliphatic rings. The summed E-state index contributed by atoms with van der Waals surface area (Å²) in [5, 5.41) is 8.42. The van der Waals surface area contributed by atoms with Gasteiger partial charge in [-0.05, 0) is 31.2 Å². The molecule has 1 aliphatic heterocycles. The highest BCUT2D eigenvalue weighted by Crippen LogP contribution is 2.48. The van der Waals surface area contributed by atoms with E-state index in [0.29, 0.717) is 5.65 Å². The molecule has 0 N–H and O–H groups in total. The van der Waals surface area contributed by atoms with Crippen LogP contribution in [0.25, 0.3) is 16.9 Å². The van der Waals surface area contributed by atoms with Crippen LogP contribution in [0, 0.1) is 5.92 Å². The van der Waals surface area contributed by atoms with Crippen LogP contribution in [0.1, 0.15) is 35.8 Å². The number of halogens is 3. The van der Waals surface area contributed by atoms with Crippen LogP contribution in [-0.2, 0) is 0 Å². The molecule has 1 amide bonds. The maximum Gasteiger partial charge on any atom is 0.410 e. The number of aromatic nitrogens is 5. The predicted molar refractivity (Wildman–Crippen MR) is 114 cm³/mol. The molecule has 2 atom stereocenters. The number of hydrogen-bond donors (Lipinski definition) is 0. The van der Waals surface area contributed by atoms with Gasteiger partial charge in [-0.3, -0.25) is 9.69 Å². The van der Waals surface area contributed by atoms with E-state index in [1.807, 2.05) is 30.3 Å². The number of nitrogens with zero attached hydrogens (tertiary/aromatic N) is 6. The first kappa shape index (κ1) is 20.0. The Morgan fingerprint density at radius 2 is 1.82 bits per heavy atom. The summed E-state index contributed by atoms with van der Waals surface area (Å²) >= 11 is 0. The highest BCUT2D eigenvalue weighted by Gasteiger charge is 2.52. The third kappa shape index (κ3) is 3.28. The van der Waals surface area contributed by atoms with E-state index in [-0.39, 0.29) is 23.9 Å². The van der Waals surface area contributed by atoms with Gasteiger partial charge in [0, 0.05) is 29.9 Å².